The molecule has 2 aliphatic rings. The first-order chi connectivity index (χ1) is 12.7. The summed E-state index contributed by atoms with van der Waals surface area (Å²) in [7, 11) is -7.02. The molecule has 10 heteroatoms. The van der Waals surface area contributed by atoms with E-state index in [-0.39, 0.29) is 40.9 Å². The number of rotatable bonds is 6. The molecule has 1 aromatic carbocycles. The molecule has 2 heterocycles. The zero-order chi connectivity index (χ0) is 19.7. The molecule has 0 aliphatic carbocycles. The fraction of sp³-hybridized carbons (Fsp3) is 0.588. The zero-order valence-electron chi connectivity index (χ0n) is 15.1. The molecule has 0 radical (unpaired) electrons. The first-order valence-electron chi connectivity index (χ1n) is 8.91. The number of hydrogen-bond acceptors (Lipinski definition) is 6. The first-order valence-corrected chi connectivity index (χ1v) is 12.2. The van der Waals surface area contributed by atoms with Crippen LogP contribution >= 0.6 is 0 Å². The third kappa shape index (κ3) is 5.07. The Bertz CT molecular complexity index is 890. The number of carbonyl (C=O) groups is 1. The van der Waals surface area contributed by atoms with Crippen LogP contribution in [0.4, 0.5) is 0 Å². The van der Waals surface area contributed by atoms with E-state index in [1.54, 1.807) is 0 Å². The van der Waals surface area contributed by atoms with E-state index >= 15 is 0 Å². The van der Waals surface area contributed by atoms with Gasteiger partial charge in [-0.3, -0.25) is 4.79 Å². The summed E-state index contributed by atoms with van der Waals surface area (Å²) in [5.74, 6) is -0.493. The second-order valence-electron chi connectivity index (χ2n) is 7.06. The van der Waals surface area contributed by atoms with E-state index in [1.807, 2.05) is 6.92 Å². The molecule has 27 heavy (non-hydrogen) atoms. The van der Waals surface area contributed by atoms with Gasteiger partial charge < -0.3 is 10.1 Å². The molecule has 0 spiro atoms. The minimum Gasteiger partial charge on any atom is -0.376 e. The van der Waals surface area contributed by atoms with Crippen molar-refractivity contribution in [2.75, 3.05) is 18.1 Å². The monoisotopic (exact) mass is 416 g/mol. The summed E-state index contributed by atoms with van der Waals surface area (Å²) in [5, 5.41) is 2.87. The van der Waals surface area contributed by atoms with Crippen LogP contribution in [0.1, 0.15) is 36.5 Å². The lowest BCUT2D eigenvalue weighted by atomic mass is 10.1. The normalized spacial score (nSPS) is 26.0. The number of sulfonamides is 1. The standard InChI is InChI=1S/C17H24N2O6S2/c1-12(16-3-2-9-25-16)18-17(20)13-4-6-15(7-5-13)27(23,24)19-14-8-10-26(21,22)11-14/h4-7,12,14,16,19H,2-3,8-11H2,1H3,(H,18,20). The Kier molecular flexibility index (Phi) is 5.90. The lowest BCUT2D eigenvalue weighted by molar-refractivity contribution is 0.0712. The predicted octanol–water partition coefficient (Wildman–Crippen LogP) is 0.449. The molecule has 2 aliphatic heterocycles. The van der Waals surface area contributed by atoms with Crippen LogP contribution in [0.2, 0.25) is 0 Å². The van der Waals surface area contributed by atoms with Crippen LogP contribution in [0.15, 0.2) is 29.2 Å². The Balaban J connectivity index is 1.62. The van der Waals surface area contributed by atoms with Crippen LogP contribution in [-0.2, 0) is 24.6 Å². The summed E-state index contributed by atoms with van der Waals surface area (Å²) >= 11 is 0. The predicted molar refractivity (Wildman–Crippen MR) is 99.7 cm³/mol. The summed E-state index contributed by atoms with van der Waals surface area (Å²) in [6, 6.07) is 4.83. The summed E-state index contributed by atoms with van der Waals surface area (Å²) in [4.78, 5) is 12.3. The molecule has 1 amide bonds. The minimum absolute atomic E-state index is 0.000455. The minimum atomic E-state index is -3.84. The van der Waals surface area contributed by atoms with Gasteiger partial charge in [0.25, 0.3) is 5.91 Å². The molecule has 8 nitrogen and oxygen atoms in total. The van der Waals surface area contributed by atoms with E-state index in [0.717, 1.165) is 12.8 Å². The van der Waals surface area contributed by atoms with Crippen LogP contribution in [0.3, 0.4) is 0 Å². The maximum atomic E-state index is 12.4. The molecule has 2 N–H and O–H groups in total. The Hall–Kier alpha value is -1.49. The highest BCUT2D eigenvalue weighted by Gasteiger charge is 2.31. The van der Waals surface area contributed by atoms with Crippen LogP contribution in [0.5, 0.6) is 0 Å². The molecule has 3 rings (SSSR count). The molecule has 3 atom stereocenters. The fourth-order valence-corrected chi connectivity index (χ4v) is 6.39. The van der Waals surface area contributed by atoms with Crippen LogP contribution in [0, 0.1) is 0 Å². The quantitative estimate of drug-likeness (QED) is 0.695. The smallest absolute Gasteiger partial charge is 0.251 e. The third-order valence-corrected chi connectivity index (χ3v) is 8.17. The van der Waals surface area contributed by atoms with Crippen molar-refractivity contribution in [1.29, 1.82) is 0 Å². The first kappa shape index (κ1) is 20.2. The Morgan fingerprint density at radius 3 is 2.48 bits per heavy atom. The van der Waals surface area contributed by atoms with Gasteiger partial charge in [0.2, 0.25) is 10.0 Å². The van der Waals surface area contributed by atoms with Gasteiger partial charge in [-0.05, 0) is 50.5 Å². The highest BCUT2D eigenvalue weighted by molar-refractivity contribution is 7.92. The molecule has 0 aromatic heterocycles. The van der Waals surface area contributed by atoms with Crippen LogP contribution < -0.4 is 10.0 Å². The van der Waals surface area contributed by atoms with Crippen LogP contribution in [-0.4, -0.2) is 59.0 Å². The molecule has 0 saturated carbocycles. The lowest BCUT2D eigenvalue weighted by Crippen LogP contribution is -2.40. The molecule has 3 unspecified atom stereocenters. The van der Waals surface area contributed by atoms with Crippen molar-refractivity contribution >= 4 is 25.8 Å². The van der Waals surface area contributed by atoms with Crippen molar-refractivity contribution in [2.45, 2.75) is 49.3 Å². The molecule has 1 aromatic rings. The van der Waals surface area contributed by atoms with Gasteiger partial charge in [0.1, 0.15) is 0 Å². The van der Waals surface area contributed by atoms with E-state index in [2.05, 4.69) is 10.0 Å². The molecule has 150 valence electrons. The van der Waals surface area contributed by atoms with Gasteiger partial charge in [0.05, 0.1) is 28.5 Å². The number of ether oxygens (including phenoxy) is 1. The molecule has 2 fully saturated rings. The van der Waals surface area contributed by atoms with E-state index in [0.29, 0.717) is 12.2 Å². The Morgan fingerprint density at radius 1 is 1.22 bits per heavy atom. The molecular formula is C17H24N2O6S2. The zero-order valence-corrected chi connectivity index (χ0v) is 16.7. The number of amides is 1. The maximum absolute atomic E-state index is 12.4. The summed E-state index contributed by atoms with van der Waals surface area (Å²) in [5.41, 5.74) is 0.349. The Labute approximate surface area is 159 Å². The number of hydrogen-bond donors (Lipinski definition) is 2. The number of carbonyl (C=O) groups excluding carboxylic acids is 1. The Morgan fingerprint density at radius 2 is 1.93 bits per heavy atom. The average molecular weight is 417 g/mol. The lowest BCUT2D eigenvalue weighted by Gasteiger charge is -2.20. The number of nitrogens with one attached hydrogen (secondary N) is 2. The van der Waals surface area contributed by atoms with Crippen molar-refractivity contribution < 1.29 is 26.4 Å². The topological polar surface area (TPSA) is 119 Å². The third-order valence-electron chi connectivity index (χ3n) is 4.86. The second kappa shape index (κ2) is 7.86. The molecule has 0 bridgehead atoms. The number of sulfone groups is 1. The summed E-state index contributed by atoms with van der Waals surface area (Å²) in [6.07, 6.45) is 2.15. The van der Waals surface area contributed by atoms with E-state index in [9.17, 15) is 21.6 Å². The average Bonchev–Trinajstić information content (AvgIpc) is 3.24. The van der Waals surface area contributed by atoms with Crippen molar-refractivity contribution in [3.8, 4) is 0 Å². The summed E-state index contributed by atoms with van der Waals surface area (Å²) < 4.78 is 55.7. The van der Waals surface area contributed by atoms with E-state index in [4.69, 9.17) is 4.74 Å². The van der Waals surface area contributed by atoms with Gasteiger partial charge in [-0.2, -0.15) is 0 Å². The van der Waals surface area contributed by atoms with E-state index in [1.165, 1.54) is 24.3 Å². The van der Waals surface area contributed by atoms with Gasteiger partial charge in [-0.1, -0.05) is 0 Å². The van der Waals surface area contributed by atoms with Gasteiger partial charge in [-0.15, -0.1) is 0 Å². The fourth-order valence-electron chi connectivity index (χ4n) is 3.34. The highest BCUT2D eigenvalue weighted by atomic mass is 32.2. The summed E-state index contributed by atoms with van der Waals surface area (Å²) in [6.45, 7) is 2.58. The van der Waals surface area contributed by atoms with Gasteiger partial charge in [0.15, 0.2) is 9.84 Å². The van der Waals surface area contributed by atoms with Gasteiger partial charge in [-0.25, -0.2) is 21.6 Å². The second-order valence-corrected chi connectivity index (χ2v) is 11.0. The van der Waals surface area contributed by atoms with Crippen LogP contribution in [0.25, 0.3) is 0 Å². The molecule has 2 saturated heterocycles. The van der Waals surface area contributed by atoms with Crippen molar-refractivity contribution in [1.82, 2.24) is 10.0 Å². The SMILES string of the molecule is CC(NC(=O)c1ccc(S(=O)(=O)NC2CCS(=O)(=O)C2)cc1)C1CCCO1. The molecular weight excluding hydrogens is 392 g/mol. The van der Waals surface area contributed by atoms with Crippen molar-refractivity contribution in [3.63, 3.8) is 0 Å². The maximum Gasteiger partial charge on any atom is 0.251 e. The van der Waals surface area contributed by atoms with Crippen molar-refractivity contribution in [3.05, 3.63) is 29.8 Å². The van der Waals surface area contributed by atoms with Crippen molar-refractivity contribution in [2.24, 2.45) is 0 Å². The van der Waals surface area contributed by atoms with Gasteiger partial charge >= 0.3 is 0 Å². The number of benzene rings is 1. The largest absolute Gasteiger partial charge is 0.376 e. The van der Waals surface area contributed by atoms with Gasteiger partial charge in [0, 0.05) is 18.2 Å². The highest BCUT2D eigenvalue weighted by Crippen LogP contribution is 2.18. The van der Waals surface area contributed by atoms with E-state index < -0.39 is 25.9 Å².